The molecule has 0 aromatic carbocycles. The molecule has 13 heavy (non-hydrogen) atoms. The molecule has 0 saturated heterocycles. The van der Waals surface area contributed by atoms with E-state index in [-0.39, 0.29) is 0 Å². The molecule has 74 valence electrons. The minimum absolute atomic E-state index is 0.792. The first kappa shape index (κ1) is 12.0. The summed E-state index contributed by atoms with van der Waals surface area (Å²) in [6, 6.07) is 0. The van der Waals surface area contributed by atoms with Gasteiger partial charge in [0.2, 0.25) is 0 Å². The first-order valence-electron chi connectivity index (χ1n) is 4.93. The van der Waals surface area contributed by atoms with Crippen LogP contribution in [-0.2, 0) is 4.74 Å². The summed E-state index contributed by atoms with van der Waals surface area (Å²) in [5, 5.41) is 0. The Balaban J connectivity index is 3.49. The second-order valence-electron chi connectivity index (χ2n) is 2.97. The smallest absolute Gasteiger partial charge is 0.0870 e. The van der Waals surface area contributed by atoms with Gasteiger partial charge >= 0.3 is 0 Å². The van der Waals surface area contributed by atoms with Gasteiger partial charge in [-0.2, -0.15) is 0 Å². The fraction of sp³-hybridized carbons (Fsp3) is 0.500. The van der Waals surface area contributed by atoms with Gasteiger partial charge in [-0.3, -0.25) is 0 Å². The van der Waals surface area contributed by atoms with Gasteiger partial charge in [-0.25, -0.2) is 0 Å². The van der Waals surface area contributed by atoms with Gasteiger partial charge in [0.05, 0.1) is 12.9 Å². The van der Waals surface area contributed by atoms with Gasteiger partial charge in [0.25, 0.3) is 0 Å². The van der Waals surface area contributed by atoms with Crippen LogP contribution in [0.1, 0.15) is 33.1 Å². The topological polar surface area (TPSA) is 9.23 Å². The summed E-state index contributed by atoms with van der Waals surface area (Å²) in [6.45, 7) is 8.95. The van der Waals surface area contributed by atoms with E-state index in [4.69, 9.17) is 4.74 Å². The second kappa shape index (κ2) is 9.11. The summed E-state index contributed by atoms with van der Waals surface area (Å²) >= 11 is 0. The summed E-state index contributed by atoms with van der Waals surface area (Å²) in [5.41, 5.74) is 1.17. The third-order valence-electron chi connectivity index (χ3n) is 1.51. The molecule has 1 heteroatoms. The first-order chi connectivity index (χ1) is 6.31. The summed E-state index contributed by atoms with van der Waals surface area (Å²) < 4.78 is 5.16. The van der Waals surface area contributed by atoms with E-state index in [1.807, 2.05) is 18.2 Å². The molecule has 0 atom stereocenters. The monoisotopic (exact) mass is 180 g/mol. The molecular weight excluding hydrogens is 160 g/mol. The van der Waals surface area contributed by atoms with Crippen LogP contribution in [0.3, 0.4) is 0 Å². The zero-order valence-corrected chi connectivity index (χ0v) is 8.75. The van der Waals surface area contributed by atoms with E-state index < -0.39 is 0 Å². The maximum absolute atomic E-state index is 5.16. The van der Waals surface area contributed by atoms with Gasteiger partial charge in [0.15, 0.2) is 0 Å². The molecule has 1 nitrogen and oxygen atoms in total. The first-order valence-corrected chi connectivity index (χ1v) is 4.93. The number of ether oxygens (including phenoxy) is 1. The van der Waals surface area contributed by atoms with Crippen molar-refractivity contribution in [3.63, 3.8) is 0 Å². The van der Waals surface area contributed by atoms with Crippen LogP contribution in [0.25, 0.3) is 0 Å². The third kappa shape index (κ3) is 8.93. The summed E-state index contributed by atoms with van der Waals surface area (Å²) in [4.78, 5) is 0. The van der Waals surface area contributed by atoms with Crippen LogP contribution in [0.15, 0.2) is 36.6 Å². The van der Waals surface area contributed by atoms with Gasteiger partial charge < -0.3 is 4.74 Å². The molecule has 0 aliphatic rings. The lowest BCUT2D eigenvalue weighted by atomic mass is 10.2. The van der Waals surface area contributed by atoms with Crippen molar-refractivity contribution in [2.24, 2.45) is 0 Å². The van der Waals surface area contributed by atoms with Crippen LogP contribution in [0, 0.1) is 0 Å². The van der Waals surface area contributed by atoms with Crippen molar-refractivity contribution in [1.29, 1.82) is 0 Å². The van der Waals surface area contributed by atoms with Gasteiger partial charge in [-0.05, 0) is 18.9 Å². The van der Waals surface area contributed by atoms with Crippen LogP contribution in [0.5, 0.6) is 0 Å². The molecule has 0 aromatic rings. The van der Waals surface area contributed by atoms with E-state index in [2.05, 4.69) is 20.4 Å². The van der Waals surface area contributed by atoms with Crippen molar-refractivity contribution in [3.05, 3.63) is 36.6 Å². The molecule has 0 saturated carbocycles. The minimum Gasteiger partial charge on any atom is -0.501 e. The van der Waals surface area contributed by atoms with Crippen LogP contribution in [0.2, 0.25) is 0 Å². The maximum atomic E-state index is 5.16. The lowest BCUT2D eigenvalue weighted by Gasteiger charge is -1.94. The predicted octanol–water partition coefficient (Wildman–Crippen LogP) is 3.84. The van der Waals surface area contributed by atoms with Crippen LogP contribution in [0.4, 0.5) is 0 Å². The molecule has 0 rings (SSSR count). The van der Waals surface area contributed by atoms with Crippen LogP contribution < -0.4 is 0 Å². The van der Waals surface area contributed by atoms with Crippen molar-refractivity contribution in [1.82, 2.24) is 0 Å². The molecule has 0 aliphatic carbocycles. The molecule has 0 aliphatic heterocycles. The fourth-order valence-corrected chi connectivity index (χ4v) is 0.883. The van der Waals surface area contributed by atoms with Crippen molar-refractivity contribution >= 4 is 0 Å². The highest BCUT2D eigenvalue weighted by molar-refractivity contribution is 5.18. The lowest BCUT2D eigenvalue weighted by Crippen LogP contribution is -1.81. The van der Waals surface area contributed by atoms with E-state index in [1.54, 1.807) is 6.26 Å². The number of allylic oxidation sites excluding steroid dienone is 4. The SMILES string of the molecule is C=C(/C=C\C=C/OCCC)CCC. The zero-order chi connectivity index (χ0) is 9.94. The largest absolute Gasteiger partial charge is 0.501 e. The van der Waals surface area contributed by atoms with Crippen LogP contribution in [-0.4, -0.2) is 6.61 Å². The van der Waals surface area contributed by atoms with Crippen molar-refractivity contribution < 1.29 is 4.74 Å². The molecular formula is C12H20O. The zero-order valence-electron chi connectivity index (χ0n) is 8.75. The molecule has 0 bridgehead atoms. The highest BCUT2D eigenvalue weighted by atomic mass is 16.5. The normalized spacial score (nSPS) is 11.2. The van der Waals surface area contributed by atoms with Crippen molar-refractivity contribution in [2.45, 2.75) is 33.1 Å². The van der Waals surface area contributed by atoms with Gasteiger partial charge in [-0.1, -0.05) is 44.6 Å². The standard InChI is InChI=1S/C12H20O/c1-4-8-12(3)9-6-7-11-13-10-5-2/h6-7,9,11H,3-5,8,10H2,1-2H3/b9-6-,11-7-. The molecule has 0 fully saturated rings. The lowest BCUT2D eigenvalue weighted by molar-refractivity contribution is 0.250. The summed E-state index contributed by atoms with van der Waals surface area (Å²) in [6.07, 6.45) is 10.9. The average Bonchev–Trinajstić information content (AvgIpc) is 2.11. The summed E-state index contributed by atoms with van der Waals surface area (Å²) in [5.74, 6) is 0. The Bertz CT molecular complexity index is 178. The summed E-state index contributed by atoms with van der Waals surface area (Å²) in [7, 11) is 0. The number of rotatable bonds is 7. The van der Waals surface area contributed by atoms with E-state index in [1.165, 1.54) is 5.57 Å². The second-order valence-corrected chi connectivity index (χ2v) is 2.97. The molecule has 0 unspecified atom stereocenters. The Morgan fingerprint density at radius 1 is 1.23 bits per heavy atom. The quantitative estimate of drug-likeness (QED) is 0.328. The van der Waals surface area contributed by atoms with Gasteiger partial charge in [0, 0.05) is 0 Å². The molecule has 0 radical (unpaired) electrons. The van der Waals surface area contributed by atoms with Gasteiger partial charge in [-0.15, -0.1) is 0 Å². The van der Waals surface area contributed by atoms with E-state index in [0.717, 1.165) is 25.9 Å². The molecule has 0 N–H and O–H groups in total. The van der Waals surface area contributed by atoms with Crippen molar-refractivity contribution in [3.8, 4) is 0 Å². The highest BCUT2D eigenvalue weighted by Crippen LogP contribution is 2.02. The van der Waals surface area contributed by atoms with E-state index >= 15 is 0 Å². The molecule has 0 heterocycles. The average molecular weight is 180 g/mol. The Labute approximate surface area is 81.8 Å². The predicted molar refractivity (Wildman–Crippen MR) is 58.6 cm³/mol. The molecule has 0 aromatic heterocycles. The Morgan fingerprint density at radius 2 is 2.00 bits per heavy atom. The maximum Gasteiger partial charge on any atom is 0.0870 e. The van der Waals surface area contributed by atoms with E-state index in [0.29, 0.717) is 0 Å². The molecule has 0 amide bonds. The minimum atomic E-state index is 0.792. The third-order valence-corrected chi connectivity index (χ3v) is 1.51. The Hall–Kier alpha value is -0.980. The highest BCUT2D eigenvalue weighted by Gasteiger charge is 1.82. The Morgan fingerprint density at radius 3 is 2.62 bits per heavy atom. The number of hydrogen-bond acceptors (Lipinski definition) is 1. The molecule has 0 spiro atoms. The van der Waals surface area contributed by atoms with E-state index in [9.17, 15) is 0 Å². The van der Waals surface area contributed by atoms with Crippen molar-refractivity contribution in [2.75, 3.05) is 6.61 Å². The Kier molecular flexibility index (Phi) is 8.42. The van der Waals surface area contributed by atoms with Crippen LogP contribution >= 0.6 is 0 Å². The fourth-order valence-electron chi connectivity index (χ4n) is 0.883. The van der Waals surface area contributed by atoms with Gasteiger partial charge in [0.1, 0.15) is 0 Å². The number of hydrogen-bond donors (Lipinski definition) is 0.